The van der Waals surface area contributed by atoms with Crippen LogP contribution in [0.4, 0.5) is 0 Å². The monoisotopic (exact) mass is 265 g/mol. The van der Waals surface area contributed by atoms with Crippen LogP contribution in [0.3, 0.4) is 0 Å². The minimum absolute atomic E-state index is 0.0242. The molecule has 102 valence electrons. The Morgan fingerprint density at radius 1 is 1.10 bits per heavy atom. The Balaban J connectivity index is 2.19. The highest BCUT2D eigenvalue weighted by Gasteiger charge is 2.10. The first-order valence-corrected chi connectivity index (χ1v) is 6.80. The maximum absolute atomic E-state index is 11.8. The normalized spacial score (nSPS) is 13.1. The van der Waals surface area contributed by atoms with E-state index in [1.165, 1.54) is 10.8 Å². The maximum Gasteiger partial charge on any atom is 0.244 e. The molecule has 2 heteroatoms. The molecule has 1 amide bonds. The molecule has 2 aromatic carbocycles. The van der Waals surface area contributed by atoms with Crippen LogP contribution >= 0.6 is 0 Å². The second-order valence-electron chi connectivity index (χ2n) is 4.68. The first-order chi connectivity index (χ1) is 9.72. The van der Waals surface area contributed by atoms with Crippen LogP contribution in [-0.4, -0.2) is 5.91 Å². The van der Waals surface area contributed by atoms with Crippen molar-refractivity contribution in [1.82, 2.24) is 5.32 Å². The van der Waals surface area contributed by atoms with Crippen molar-refractivity contribution >= 4 is 16.7 Å². The maximum atomic E-state index is 11.8. The zero-order valence-corrected chi connectivity index (χ0v) is 11.8. The van der Waals surface area contributed by atoms with E-state index in [1.54, 1.807) is 12.2 Å². The summed E-state index contributed by atoms with van der Waals surface area (Å²) in [5, 5.41) is 5.36. The standard InChI is InChI=1S/C18H19NO/c1-3-4-5-13-18(20)19-14(2)16-12-8-10-15-9-6-7-11-17(15)16/h3-14H,1-2H3,(H,19,20)/b4-3+,13-5+/t14-/m1/s1. The molecule has 0 fully saturated rings. The van der Waals surface area contributed by atoms with Crippen LogP contribution < -0.4 is 5.32 Å². The van der Waals surface area contributed by atoms with Gasteiger partial charge in [-0.2, -0.15) is 0 Å². The van der Waals surface area contributed by atoms with Crippen LogP contribution in [0, 0.1) is 0 Å². The molecule has 0 saturated heterocycles. The van der Waals surface area contributed by atoms with E-state index in [4.69, 9.17) is 0 Å². The number of benzene rings is 2. The van der Waals surface area contributed by atoms with E-state index in [2.05, 4.69) is 29.6 Å². The highest BCUT2D eigenvalue weighted by molar-refractivity contribution is 5.90. The second-order valence-corrected chi connectivity index (χ2v) is 4.68. The molecule has 0 unspecified atom stereocenters. The highest BCUT2D eigenvalue weighted by atomic mass is 16.1. The number of allylic oxidation sites excluding steroid dienone is 3. The summed E-state index contributed by atoms with van der Waals surface area (Å²) >= 11 is 0. The molecule has 0 radical (unpaired) electrons. The summed E-state index contributed by atoms with van der Waals surface area (Å²) in [4.78, 5) is 11.8. The average Bonchev–Trinajstić information content (AvgIpc) is 2.47. The Hall–Kier alpha value is -2.35. The van der Waals surface area contributed by atoms with Gasteiger partial charge in [0.1, 0.15) is 0 Å². The van der Waals surface area contributed by atoms with Crippen LogP contribution in [0.1, 0.15) is 25.5 Å². The summed E-state index contributed by atoms with van der Waals surface area (Å²) in [7, 11) is 0. The molecule has 2 aromatic rings. The van der Waals surface area contributed by atoms with Gasteiger partial charge in [0, 0.05) is 6.08 Å². The van der Waals surface area contributed by atoms with Crippen molar-refractivity contribution in [3.8, 4) is 0 Å². The third-order valence-corrected chi connectivity index (χ3v) is 3.20. The van der Waals surface area contributed by atoms with Gasteiger partial charge in [0.15, 0.2) is 0 Å². The molecule has 2 rings (SSSR count). The molecule has 0 aromatic heterocycles. The first-order valence-electron chi connectivity index (χ1n) is 6.80. The van der Waals surface area contributed by atoms with Crippen molar-refractivity contribution in [2.45, 2.75) is 19.9 Å². The molecular weight excluding hydrogens is 246 g/mol. The first kappa shape index (κ1) is 14.1. The van der Waals surface area contributed by atoms with Gasteiger partial charge in [0.05, 0.1) is 6.04 Å². The molecule has 0 aliphatic heterocycles. The highest BCUT2D eigenvalue weighted by Crippen LogP contribution is 2.23. The Morgan fingerprint density at radius 2 is 1.85 bits per heavy atom. The van der Waals surface area contributed by atoms with Gasteiger partial charge < -0.3 is 5.32 Å². The zero-order chi connectivity index (χ0) is 14.4. The number of amides is 1. The van der Waals surface area contributed by atoms with Gasteiger partial charge in [-0.15, -0.1) is 0 Å². The molecule has 1 N–H and O–H groups in total. The Bertz CT molecular complexity index is 650. The van der Waals surface area contributed by atoms with Gasteiger partial charge in [-0.05, 0) is 30.2 Å². The Kier molecular flexibility index (Phi) is 4.72. The van der Waals surface area contributed by atoms with E-state index in [0.29, 0.717) is 0 Å². The number of carbonyl (C=O) groups is 1. The van der Waals surface area contributed by atoms with Gasteiger partial charge in [-0.3, -0.25) is 4.79 Å². The van der Waals surface area contributed by atoms with Crippen LogP contribution in [0.2, 0.25) is 0 Å². The topological polar surface area (TPSA) is 29.1 Å². The molecule has 2 nitrogen and oxygen atoms in total. The minimum atomic E-state index is -0.0801. The van der Waals surface area contributed by atoms with Crippen molar-refractivity contribution in [1.29, 1.82) is 0 Å². The number of rotatable bonds is 4. The smallest absolute Gasteiger partial charge is 0.244 e. The summed E-state index contributed by atoms with van der Waals surface area (Å²) in [6, 6.07) is 14.4. The van der Waals surface area contributed by atoms with Crippen LogP contribution in [0.5, 0.6) is 0 Å². The van der Waals surface area contributed by atoms with Gasteiger partial charge in [0.25, 0.3) is 0 Å². The van der Waals surface area contributed by atoms with E-state index < -0.39 is 0 Å². The number of hydrogen-bond acceptors (Lipinski definition) is 1. The third kappa shape index (κ3) is 3.35. The van der Waals surface area contributed by atoms with Crippen molar-refractivity contribution in [2.75, 3.05) is 0 Å². The molecule has 0 aliphatic rings. The molecule has 0 bridgehead atoms. The fourth-order valence-corrected chi connectivity index (χ4v) is 2.22. The lowest BCUT2D eigenvalue weighted by atomic mass is 10.00. The number of fused-ring (bicyclic) bond motifs is 1. The fourth-order valence-electron chi connectivity index (χ4n) is 2.22. The lowest BCUT2D eigenvalue weighted by Gasteiger charge is -2.15. The lowest BCUT2D eigenvalue weighted by molar-refractivity contribution is -0.117. The van der Waals surface area contributed by atoms with Crippen molar-refractivity contribution < 1.29 is 4.79 Å². The lowest BCUT2D eigenvalue weighted by Crippen LogP contribution is -2.24. The Labute approximate surface area is 119 Å². The quantitative estimate of drug-likeness (QED) is 0.653. The third-order valence-electron chi connectivity index (χ3n) is 3.20. The van der Waals surface area contributed by atoms with E-state index in [0.717, 1.165) is 5.56 Å². The Morgan fingerprint density at radius 3 is 2.65 bits per heavy atom. The molecule has 1 atom stereocenters. The SMILES string of the molecule is C/C=C/C=C/C(=O)N[C@H](C)c1cccc2ccccc12. The van der Waals surface area contributed by atoms with Gasteiger partial charge in [0.2, 0.25) is 5.91 Å². The largest absolute Gasteiger partial charge is 0.346 e. The zero-order valence-electron chi connectivity index (χ0n) is 11.8. The van der Waals surface area contributed by atoms with E-state index in [1.807, 2.05) is 44.2 Å². The molecule has 0 spiro atoms. The van der Waals surface area contributed by atoms with Crippen molar-refractivity contribution in [2.24, 2.45) is 0 Å². The summed E-state index contributed by atoms with van der Waals surface area (Å²) in [5.41, 5.74) is 1.14. The van der Waals surface area contributed by atoms with Crippen molar-refractivity contribution in [3.05, 3.63) is 72.3 Å². The summed E-state index contributed by atoms with van der Waals surface area (Å²) in [6.45, 7) is 3.92. The molecular formula is C18H19NO. The summed E-state index contributed by atoms with van der Waals surface area (Å²) in [6.07, 6.45) is 7.01. The van der Waals surface area contributed by atoms with Crippen LogP contribution in [0.15, 0.2) is 66.8 Å². The van der Waals surface area contributed by atoms with Gasteiger partial charge in [-0.1, -0.05) is 60.7 Å². The van der Waals surface area contributed by atoms with Gasteiger partial charge >= 0.3 is 0 Å². The van der Waals surface area contributed by atoms with E-state index in [-0.39, 0.29) is 11.9 Å². The predicted molar refractivity (Wildman–Crippen MR) is 84.5 cm³/mol. The molecule has 0 heterocycles. The van der Waals surface area contributed by atoms with Gasteiger partial charge in [-0.25, -0.2) is 0 Å². The number of carbonyl (C=O) groups excluding carboxylic acids is 1. The number of nitrogens with one attached hydrogen (secondary N) is 1. The molecule has 0 saturated carbocycles. The summed E-state index contributed by atoms with van der Waals surface area (Å²) in [5.74, 6) is -0.0801. The molecule has 20 heavy (non-hydrogen) atoms. The summed E-state index contributed by atoms with van der Waals surface area (Å²) < 4.78 is 0. The fraction of sp³-hybridized carbons (Fsp3) is 0.167. The van der Waals surface area contributed by atoms with Crippen molar-refractivity contribution in [3.63, 3.8) is 0 Å². The average molecular weight is 265 g/mol. The predicted octanol–water partition coefficient (Wildman–Crippen LogP) is 4.15. The van der Waals surface area contributed by atoms with E-state index in [9.17, 15) is 4.79 Å². The molecule has 0 aliphatic carbocycles. The number of hydrogen-bond donors (Lipinski definition) is 1. The second kappa shape index (κ2) is 6.71. The minimum Gasteiger partial charge on any atom is -0.346 e. The van der Waals surface area contributed by atoms with Crippen LogP contribution in [0.25, 0.3) is 10.8 Å². The van der Waals surface area contributed by atoms with E-state index >= 15 is 0 Å². The van der Waals surface area contributed by atoms with Crippen LogP contribution in [-0.2, 0) is 4.79 Å².